The van der Waals surface area contributed by atoms with Crippen molar-refractivity contribution in [3.05, 3.63) is 0 Å². The van der Waals surface area contributed by atoms with Gasteiger partial charge in [0.05, 0.1) is 6.54 Å². The Balaban J connectivity index is 2.58. The monoisotopic (exact) mass is 199 g/mol. The first-order valence-electron chi connectivity index (χ1n) is 4.80. The second-order valence-corrected chi connectivity index (χ2v) is 3.70. The molecule has 1 aliphatic heterocycles. The lowest BCUT2D eigenvalue weighted by Gasteiger charge is -2.32. The summed E-state index contributed by atoms with van der Waals surface area (Å²) in [6.07, 6.45) is 0. The highest BCUT2D eigenvalue weighted by atomic mass is 16.2. The summed E-state index contributed by atoms with van der Waals surface area (Å²) < 4.78 is 0. The molecule has 2 N–H and O–H groups in total. The summed E-state index contributed by atoms with van der Waals surface area (Å²) >= 11 is 0. The van der Waals surface area contributed by atoms with Crippen LogP contribution in [-0.2, 0) is 9.59 Å². The van der Waals surface area contributed by atoms with E-state index in [1.54, 1.807) is 11.8 Å². The highest BCUT2D eigenvalue weighted by Crippen LogP contribution is 2.02. The minimum Gasteiger partial charge on any atom is -0.343 e. The lowest BCUT2D eigenvalue weighted by atomic mass is 10.2. The van der Waals surface area contributed by atoms with Crippen molar-refractivity contribution in [2.75, 3.05) is 20.1 Å². The third-order valence-corrected chi connectivity index (χ3v) is 2.38. The molecule has 0 aromatic rings. The molecular weight excluding hydrogens is 182 g/mol. The fraction of sp³-hybridized carbons (Fsp3) is 0.778. The molecule has 2 unspecified atom stereocenters. The number of hydrogen-bond donors (Lipinski definition) is 2. The van der Waals surface area contributed by atoms with Gasteiger partial charge in [0.15, 0.2) is 0 Å². The van der Waals surface area contributed by atoms with Crippen LogP contribution >= 0.6 is 0 Å². The van der Waals surface area contributed by atoms with Crippen LogP contribution in [0.25, 0.3) is 0 Å². The van der Waals surface area contributed by atoms with E-state index in [2.05, 4.69) is 10.6 Å². The van der Waals surface area contributed by atoms with Gasteiger partial charge < -0.3 is 15.5 Å². The lowest BCUT2D eigenvalue weighted by Crippen LogP contribution is -2.58. The Morgan fingerprint density at radius 3 is 2.86 bits per heavy atom. The maximum absolute atomic E-state index is 11.6. The molecule has 1 aliphatic rings. The standard InChI is InChI=1S/C9H17N3O2/c1-6(10-3)4-12-5-8(13)11-7(2)9(12)14/h6-7,10H,4-5H2,1-3H3,(H,11,13). The van der Waals surface area contributed by atoms with E-state index in [1.165, 1.54) is 0 Å². The van der Waals surface area contributed by atoms with E-state index in [1.807, 2.05) is 14.0 Å². The van der Waals surface area contributed by atoms with E-state index in [0.29, 0.717) is 6.54 Å². The zero-order valence-corrected chi connectivity index (χ0v) is 8.83. The van der Waals surface area contributed by atoms with E-state index >= 15 is 0 Å². The Morgan fingerprint density at radius 2 is 2.29 bits per heavy atom. The quantitative estimate of drug-likeness (QED) is 0.609. The molecule has 0 saturated carbocycles. The van der Waals surface area contributed by atoms with Crippen molar-refractivity contribution < 1.29 is 9.59 Å². The molecule has 0 aromatic carbocycles. The minimum absolute atomic E-state index is 0.00769. The predicted octanol–water partition coefficient (Wildman–Crippen LogP) is -1.06. The SMILES string of the molecule is CNC(C)CN1CC(=O)NC(C)C1=O. The van der Waals surface area contributed by atoms with Crippen molar-refractivity contribution in [1.82, 2.24) is 15.5 Å². The van der Waals surface area contributed by atoms with Crippen LogP contribution in [0.1, 0.15) is 13.8 Å². The summed E-state index contributed by atoms with van der Waals surface area (Å²) in [6.45, 7) is 4.43. The molecule has 5 nitrogen and oxygen atoms in total. The van der Waals surface area contributed by atoms with Crippen LogP contribution in [0, 0.1) is 0 Å². The van der Waals surface area contributed by atoms with Gasteiger partial charge in [0.25, 0.3) is 0 Å². The van der Waals surface area contributed by atoms with E-state index in [9.17, 15) is 9.59 Å². The van der Waals surface area contributed by atoms with Gasteiger partial charge in [-0.3, -0.25) is 9.59 Å². The summed E-state index contributed by atoms with van der Waals surface area (Å²) in [5.41, 5.74) is 0. The largest absolute Gasteiger partial charge is 0.343 e. The van der Waals surface area contributed by atoms with Gasteiger partial charge in [-0.2, -0.15) is 0 Å². The van der Waals surface area contributed by atoms with Gasteiger partial charge >= 0.3 is 0 Å². The van der Waals surface area contributed by atoms with Crippen LogP contribution in [0.5, 0.6) is 0 Å². The fourth-order valence-electron chi connectivity index (χ4n) is 1.45. The summed E-state index contributed by atoms with van der Waals surface area (Å²) in [5, 5.41) is 5.64. The average molecular weight is 199 g/mol. The Morgan fingerprint density at radius 1 is 1.64 bits per heavy atom. The molecule has 0 bridgehead atoms. The van der Waals surface area contributed by atoms with Gasteiger partial charge in [0.1, 0.15) is 6.04 Å². The number of amides is 2. The molecule has 1 fully saturated rings. The zero-order valence-electron chi connectivity index (χ0n) is 8.83. The smallest absolute Gasteiger partial charge is 0.245 e. The average Bonchev–Trinajstić information content (AvgIpc) is 2.13. The Kier molecular flexibility index (Phi) is 3.46. The Bertz CT molecular complexity index is 242. The van der Waals surface area contributed by atoms with Gasteiger partial charge in [-0.1, -0.05) is 0 Å². The van der Waals surface area contributed by atoms with E-state index in [4.69, 9.17) is 0 Å². The Hall–Kier alpha value is -1.10. The van der Waals surface area contributed by atoms with Crippen LogP contribution in [0.4, 0.5) is 0 Å². The van der Waals surface area contributed by atoms with Crippen LogP contribution in [-0.4, -0.2) is 48.9 Å². The van der Waals surface area contributed by atoms with Crippen LogP contribution < -0.4 is 10.6 Å². The molecule has 0 radical (unpaired) electrons. The molecule has 0 spiro atoms. The van der Waals surface area contributed by atoms with Gasteiger partial charge in [-0.05, 0) is 20.9 Å². The van der Waals surface area contributed by atoms with Crippen molar-refractivity contribution in [3.8, 4) is 0 Å². The van der Waals surface area contributed by atoms with E-state index in [-0.39, 0.29) is 30.4 Å². The third-order valence-electron chi connectivity index (χ3n) is 2.38. The molecule has 1 heterocycles. The zero-order chi connectivity index (χ0) is 10.7. The number of nitrogens with zero attached hydrogens (tertiary/aromatic N) is 1. The van der Waals surface area contributed by atoms with Crippen molar-refractivity contribution >= 4 is 11.8 Å². The number of likely N-dealkylation sites (N-methyl/N-ethyl adjacent to an activating group) is 1. The molecule has 80 valence electrons. The summed E-state index contributed by atoms with van der Waals surface area (Å²) in [5.74, 6) is -0.0906. The Labute approximate surface area is 83.8 Å². The molecular formula is C9H17N3O2. The number of hydrogen-bond acceptors (Lipinski definition) is 3. The molecule has 2 atom stereocenters. The highest BCUT2D eigenvalue weighted by Gasteiger charge is 2.29. The van der Waals surface area contributed by atoms with Crippen molar-refractivity contribution in [2.45, 2.75) is 25.9 Å². The molecule has 1 rings (SSSR count). The van der Waals surface area contributed by atoms with Crippen molar-refractivity contribution in [2.24, 2.45) is 0 Å². The lowest BCUT2D eigenvalue weighted by molar-refractivity contribution is -0.143. The first-order chi connectivity index (χ1) is 6.54. The predicted molar refractivity (Wildman–Crippen MR) is 52.7 cm³/mol. The van der Waals surface area contributed by atoms with Crippen LogP contribution in [0.2, 0.25) is 0 Å². The van der Waals surface area contributed by atoms with Gasteiger partial charge in [-0.25, -0.2) is 0 Å². The summed E-state index contributed by atoms with van der Waals surface area (Å²) in [4.78, 5) is 24.4. The topological polar surface area (TPSA) is 61.4 Å². The van der Waals surface area contributed by atoms with Gasteiger partial charge in [0, 0.05) is 12.6 Å². The normalized spacial score (nSPS) is 24.8. The number of rotatable bonds is 3. The number of piperazine rings is 1. The molecule has 0 aromatic heterocycles. The first-order valence-corrected chi connectivity index (χ1v) is 4.80. The van der Waals surface area contributed by atoms with Crippen molar-refractivity contribution in [3.63, 3.8) is 0 Å². The first kappa shape index (κ1) is 11.0. The number of carbonyl (C=O) groups excluding carboxylic acids is 2. The summed E-state index contributed by atoms with van der Waals surface area (Å²) in [6, 6.07) is -0.183. The molecule has 0 aliphatic carbocycles. The van der Waals surface area contributed by atoms with Crippen LogP contribution in [0.15, 0.2) is 0 Å². The van der Waals surface area contributed by atoms with Gasteiger partial charge in [0.2, 0.25) is 11.8 Å². The minimum atomic E-state index is -0.389. The summed E-state index contributed by atoms with van der Waals surface area (Å²) in [7, 11) is 1.84. The number of nitrogens with one attached hydrogen (secondary N) is 2. The van der Waals surface area contributed by atoms with Crippen molar-refractivity contribution in [1.29, 1.82) is 0 Å². The third kappa shape index (κ3) is 2.45. The second-order valence-electron chi connectivity index (χ2n) is 3.70. The second kappa shape index (κ2) is 4.41. The maximum atomic E-state index is 11.6. The van der Waals surface area contributed by atoms with Crippen LogP contribution in [0.3, 0.4) is 0 Å². The van der Waals surface area contributed by atoms with E-state index in [0.717, 1.165) is 0 Å². The molecule has 2 amide bonds. The molecule has 1 saturated heterocycles. The molecule has 14 heavy (non-hydrogen) atoms. The fourth-order valence-corrected chi connectivity index (χ4v) is 1.45. The highest BCUT2D eigenvalue weighted by molar-refractivity contribution is 5.94. The molecule has 5 heteroatoms. The van der Waals surface area contributed by atoms with Gasteiger partial charge in [-0.15, -0.1) is 0 Å². The number of carbonyl (C=O) groups is 2. The maximum Gasteiger partial charge on any atom is 0.245 e. The van der Waals surface area contributed by atoms with E-state index < -0.39 is 0 Å².